The highest BCUT2D eigenvalue weighted by atomic mass is 16.6. The van der Waals surface area contributed by atoms with E-state index >= 15 is 0 Å². The van der Waals surface area contributed by atoms with Crippen molar-refractivity contribution in [2.75, 3.05) is 0 Å². The first-order chi connectivity index (χ1) is 9.07. The molecule has 2 rings (SSSR count). The fourth-order valence-electron chi connectivity index (χ4n) is 3.19. The van der Waals surface area contributed by atoms with Crippen molar-refractivity contribution in [1.29, 1.82) is 15.8 Å². The van der Waals surface area contributed by atoms with Gasteiger partial charge in [-0.25, -0.2) is 0 Å². The molecule has 19 heavy (non-hydrogen) atoms. The van der Waals surface area contributed by atoms with Gasteiger partial charge in [0.15, 0.2) is 11.5 Å². The van der Waals surface area contributed by atoms with Crippen LogP contribution in [0.15, 0.2) is 11.6 Å². The van der Waals surface area contributed by atoms with Crippen LogP contribution in [0.3, 0.4) is 0 Å². The first kappa shape index (κ1) is 13.1. The molecule has 0 N–H and O–H groups in total. The van der Waals surface area contributed by atoms with Gasteiger partial charge in [0.05, 0.1) is 18.2 Å². The van der Waals surface area contributed by atoms with Crippen molar-refractivity contribution in [3.63, 3.8) is 0 Å². The topological polar surface area (TPSA) is 97.7 Å². The number of nitriles is 3. The molecule has 0 amide bonds. The Bertz CT molecular complexity index is 573. The summed E-state index contributed by atoms with van der Waals surface area (Å²) in [6, 6.07) is 5.75. The highest BCUT2D eigenvalue weighted by Gasteiger charge is 2.75. The molecule has 3 atom stereocenters. The second-order valence-corrected chi connectivity index (χ2v) is 4.85. The molecule has 0 radical (unpaired) electrons. The van der Waals surface area contributed by atoms with Crippen LogP contribution in [0.25, 0.3) is 0 Å². The van der Waals surface area contributed by atoms with Crippen LogP contribution in [-0.4, -0.2) is 12.1 Å². The van der Waals surface area contributed by atoms with Crippen LogP contribution in [0, 0.1) is 50.7 Å². The first-order valence-corrected chi connectivity index (χ1v) is 6.23. The Balaban J connectivity index is 2.82. The molecule has 2 aliphatic rings. The lowest BCUT2D eigenvalue weighted by atomic mass is 9.53. The zero-order valence-corrected chi connectivity index (χ0v) is 10.8. The van der Waals surface area contributed by atoms with E-state index in [1.54, 1.807) is 0 Å². The van der Waals surface area contributed by atoms with Gasteiger partial charge < -0.3 is 4.74 Å². The van der Waals surface area contributed by atoms with Gasteiger partial charge >= 0.3 is 5.97 Å². The zero-order valence-electron chi connectivity index (χ0n) is 10.8. The number of carbonyl (C=O) groups is 1. The number of nitrogens with zero attached hydrogens (tertiary/aromatic N) is 3. The summed E-state index contributed by atoms with van der Waals surface area (Å²) in [6.07, 6.45) is 2.01. The molecule has 1 heterocycles. The third kappa shape index (κ3) is 1.19. The van der Waals surface area contributed by atoms with Crippen molar-refractivity contribution in [2.24, 2.45) is 16.7 Å². The van der Waals surface area contributed by atoms with Crippen LogP contribution in [0.5, 0.6) is 0 Å². The van der Waals surface area contributed by atoms with Crippen LogP contribution >= 0.6 is 0 Å². The fraction of sp³-hybridized carbons (Fsp3) is 0.571. The van der Waals surface area contributed by atoms with Gasteiger partial charge in [-0.2, -0.15) is 15.8 Å². The summed E-state index contributed by atoms with van der Waals surface area (Å²) in [5.41, 5.74) is -2.68. The van der Waals surface area contributed by atoms with E-state index in [4.69, 9.17) is 4.74 Å². The van der Waals surface area contributed by atoms with Crippen molar-refractivity contribution in [1.82, 2.24) is 0 Å². The van der Waals surface area contributed by atoms with Crippen molar-refractivity contribution in [3.8, 4) is 18.2 Å². The molecule has 0 spiro atoms. The smallest absolute Gasteiger partial charge is 0.330 e. The van der Waals surface area contributed by atoms with E-state index in [2.05, 4.69) is 0 Å². The lowest BCUT2D eigenvalue weighted by Crippen LogP contribution is -2.51. The maximum Gasteiger partial charge on any atom is 0.330 e. The van der Waals surface area contributed by atoms with Gasteiger partial charge in [0, 0.05) is 5.92 Å². The van der Waals surface area contributed by atoms with Crippen molar-refractivity contribution < 1.29 is 9.53 Å². The molecule has 1 fully saturated rings. The molecule has 0 aromatic heterocycles. The van der Waals surface area contributed by atoms with Gasteiger partial charge in [0.25, 0.3) is 0 Å². The van der Waals surface area contributed by atoms with Crippen LogP contribution in [0.2, 0.25) is 0 Å². The van der Waals surface area contributed by atoms with Gasteiger partial charge in [-0.05, 0) is 18.4 Å². The summed E-state index contributed by atoms with van der Waals surface area (Å²) in [5, 5.41) is 28.5. The van der Waals surface area contributed by atoms with Crippen molar-refractivity contribution in [2.45, 2.75) is 32.8 Å². The number of carbonyl (C=O) groups excluding carboxylic acids is 1. The molecular formula is C14H13N3O2. The average Bonchev–Trinajstić information content (AvgIpc) is 2.62. The molecule has 3 unspecified atom stereocenters. The summed E-state index contributed by atoms with van der Waals surface area (Å²) in [4.78, 5) is 12.2. The largest absolute Gasteiger partial charge is 0.454 e. The summed E-state index contributed by atoms with van der Waals surface area (Å²) >= 11 is 0. The molecule has 5 nitrogen and oxygen atoms in total. The minimum Gasteiger partial charge on any atom is -0.454 e. The third-order valence-corrected chi connectivity index (χ3v) is 4.25. The second kappa shape index (κ2) is 4.11. The highest BCUT2D eigenvalue weighted by molar-refractivity contribution is 5.88. The van der Waals surface area contributed by atoms with E-state index < -0.39 is 28.8 Å². The normalized spacial score (nSPS) is 34.5. The van der Waals surface area contributed by atoms with Gasteiger partial charge in [-0.1, -0.05) is 19.9 Å². The molecule has 1 aliphatic carbocycles. The molecular weight excluding hydrogens is 242 g/mol. The molecule has 0 saturated carbocycles. The molecule has 0 aromatic carbocycles. The van der Waals surface area contributed by atoms with E-state index in [0.29, 0.717) is 12.8 Å². The van der Waals surface area contributed by atoms with Crippen LogP contribution < -0.4 is 0 Å². The summed E-state index contributed by atoms with van der Waals surface area (Å²) in [6.45, 7) is 3.71. The van der Waals surface area contributed by atoms with Gasteiger partial charge in [-0.3, -0.25) is 4.79 Å². The molecule has 1 saturated heterocycles. The number of hydrogen-bond donors (Lipinski definition) is 0. The highest BCUT2D eigenvalue weighted by Crippen LogP contribution is 2.60. The second-order valence-electron chi connectivity index (χ2n) is 4.85. The number of fused-ring (bicyclic) bond motifs is 2. The Labute approximate surface area is 111 Å². The van der Waals surface area contributed by atoms with Crippen LogP contribution in [0.4, 0.5) is 0 Å². The number of hydrogen-bond acceptors (Lipinski definition) is 5. The maximum absolute atomic E-state index is 12.2. The fourth-order valence-corrected chi connectivity index (χ4v) is 3.19. The first-order valence-electron chi connectivity index (χ1n) is 6.23. The Kier molecular flexibility index (Phi) is 2.84. The standard InChI is InChI=1S/C14H13N3O2/c1-3-9-5-10(4-2)14(8-17)12(18)19-11(9)13(14,6-15)7-16/h5,10-11H,3-4H2,1-2H3. The van der Waals surface area contributed by atoms with E-state index in [-0.39, 0.29) is 0 Å². The summed E-state index contributed by atoms with van der Waals surface area (Å²) in [7, 11) is 0. The van der Waals surface area contributed by atoms with Crippen LogP contribution in [0.1, 0.15) is 26.7 Å². The van der Waals surface area contributed by atoms with E-state index in [1.807, 2.05) is 38.1 Å². The number of rotatable bonds is 2. The van der Waals surface area contributed by atoms with E-state index in [9.17, 15) is 20.6 Å². The van der Waals surface area contributed by atoms with Gasteiger partial charge in [0.1, 0.15) is 0 Å². The lowest BCUT2D eigenvalue weighted by Gasteiger charge is -2.38. The molecule has 1 aliphatic heterocycles. The Morgan fingerprint density at radius 3 is 2.32 bits per heavy atom. The Morgan fingerprint density at radius 2 is 1.89 bits per heavy atom. The van der Waals surface area contributed by atoms with E-state index in [0.717, 1.165) is 5.57 Å². The number of esters is 1. The number of allylic oxidation sites excluding steroid dienone is 1. The monoisotopic (exact) mass is 255 g/mol. The predicted molar refractivity (Wildman–Crippen MR) is 63.7 cm³/mol. The molecule has 5 heteroatoms. The van der Waals surface area contributed by atoms with Gasteiger partial charge in [0.2, 0.25) is 5.41 Å². The Morgan fingerprint density at radius 1 is 1.26 bits per heavy atom. The van der Waals surface area contributed by atoms with Crippen molar-refractivity contribution in [3.05, 3.63) is 11.6 Å². The van der Waals surface area contributed by atoms with Crippen LogP contribution in [-0.2, 0) is 9.53 Å². The summed E-state index contributed by atoms with van der Waals surface area (Å²) in [5.74, 6) is -1.20. The molecule has 0 aromatic rings. The summed E-state index contributed by atoms with van der Waals surface area (Å²) < 4.78 is 5.24. The molecule has 2 bridgehead atoms. The predicted octanol–water partition coefficient (Wildman–Crippen LogP) is 1.83. The lowest BCUT2D eigenvalue weighted by molar-refractivity contribution is -0.146. The number of ether oxygens (including phenoxy) is 1. The average molecular weight is 255 g/mol. The van der Waals surface area contributed by atoms with Crippen molar-refractivity contribution >= 4 is 5.97 Å². The zero-order chi connectivity index (χ0) is 14.3. The minimum absolute atomic E-state index is 0.460. The van der Waals surface area contributed by atoms with E-state index in [1.165, 1.54) is 0 Å². The molecule has 96 valence electrons. The minimum atomic E-state index is -1.74. The Hall–Kier alpha value is -2.32. The quantitative estimate of drug-likeness (QED) is 0.553. The van der Waals surface area contributed by atoms with Gasteiger partial charge in [-0.15, -0.1) is 0 Å². The SMILES string of the molecule is CCC1=CC(CC)C2(C#N)C(=O)OC1C2(C#N)C#N. The third-order valence-electron chi connectivity index (χ3n) is 4.25. The maximum atomic E-state index is 12.2.